The SMILES string of the molecule is Cn1c(Nc2ccc(I)cc2F)c(C(=O)NOCC2COC(C)(C)O2)c2cccnc21. The van der Waals surface area contributed by atoms with Crippen molar-refractivity contribution in [3.8, 4) is 0 Å². The molecule has 164 valence electrons. The fourth-order valence-corrected chi connectivity index (χ4v) is 3.90. The van der Waals surface area contributed by atoms with Crippen LogP contribution in [0.1, 0.15) is 24.2 Å². The normalized spacial score (nSPS) is 17.8. The van der Waals surface area contributed by atoms with E-state index in [0.717, 1.165) is 3.57 Å². The Morgan fingerprint density at radius 3 is 2.94 bits per heavy atom. The van der Waals surface area contributed by atoms with Crippen LogP contribution in [-0.4, -0.2) is 40.6 Å². The molecule has 3 aromatic rings. The summed E-state index contributed by atoms with van der Waals surface area (Å²) in [6.45, 7) is 4.14. The molecule has 0 saturated carbocycles. The van der Waals surface area contributed by atoms with Crippen molar-refractivity contribution < 1.29 is 23.5 Å². The number of nitrogens with one attached hydrogen (secondary N) is 2. The Kier molecular flexibility index (Phi) is 6.15. The molecule has 1 atom stereocenters. The molecule has 4 rings (SSSR count). The Hall–Kier alpha value is -2.28. The van der Waals surface area contributed by atoms with Gasteiger partial charge in [0, 0.05) is 22.2 Å². The first-order valence-corrected chi connectivity index (χ1v) is 10.7. The molecule has 10 heteroatoms. The molecule has 2 N–H and O–H groups in total. The zero-order valence-electron chi connectivity index (χ0n) is 17.2. The van der Waals surface area contributed by atoms with E-state index in [0.29, 0.717) is 29.0 Å². The van der Waals surface area contributed by atoms with E-state index in [1.54, 1.807) is 42.1 Å². The third-order valence-corrected chi connectivity index (χ3v) is 5.53. The molecule has 0 radical (unpaired) electrons. The van der Waals surface area contributed by atoms with E-state index in [1.807, 2.05) is 36.4 Å². The summed E-state index contributed by atoms with van der Waals surface area (Å²) < 4.78 is 28.1. The first kappa shape index (κ1) is 21.9. The Labute approximate surface area is 192 Å². The standard InChI is InChI=1S/C21H22FIN4O4/c1-21(2)29-10-13(31-21)11-30-26-20(28)17-14-5-4-8-24-18(14)27(3)19(17)25-16-7-6-12(23)9-15(16)22/h4-9,13,25H,10-11H2,1-3H3,(H,26,28). The number of ether oxygens (including phenoxy) is 2. The summed E-state index contributed by atoms with van der Waals surface area (Å²) in [7, 11) is 1.76. The van der Waals surface area contributed by atoms with Crippen LogP contribution < -0.4 is 10.8 Å². The average Bonchev–Trinajstić information content (AvgIpc) is 3.21. The summed E-state index contributed by atoms with van der Waals surface area (Å²) in [6, 6.07) is 8.34. The van der Waals surface area contributed by atoms with Crippen LogP contribution in [-0.2, 0) is 21.4 Å². The van der Waals surface area contributed by atoms with Gasteiger partial charge in [0.1, 0.15) is 30.0 Å². The Bertz CT molecular complexity index is 1130. The highest BCUT2D eigenvalue weighted by Crippen LogP contribution is 2.31. The number of aromatic nitrogens is 2. The number of carbonyl (C=O) groups excluding carboxylic acids is 1. The van der Waals surface area contributed by atoms with Crippen LogP contribution in [0.3, 0.4) is 0 Å². The zero-order valence-corrected chi connectivity index (χ0v) is 19.4. The van der Waals surface area contributed by atoms with Gasteiger partial charge in [0.05, 0.1) is 17.9 Å². The van der Waals surface area contributed by atoms with E-state index in [1.165, 1.54) is 6.07 Å². The minimum absolute atomic E-state index is 0.132. The molecule has 0 aliphatic carbocycles. The maximum Gasteiger partial charge on any atom is 0.279 e. The smallest absolute Gasteiger partial charge is 0.279 e. The third-order valence-electron chi connectivity index (χ3n) is 4.86. The molecule has 3 heterocycles. The number of pyridine rings is 1. The highest BCUT2D eigenvalue weighted by atomic mass is 127. The predicted octanol–water partition coefficient (Wildman–Crippen LogP) is 3.87. The molecule has 8 nitrogen and oxygen atoms in total. The maximum atomic E-state index is 14.5. The fraction of sp³-hybridized carbons (Fsp3) is 0.333. The molecule has 1 unspecified atom stereocenters. The summed E-state index contributed by atoms with van der Waals surface area (Å²) in [5.41, 5.74) is 3.59. The van der Waals surface area contributed by atoms with Crippen LogP contribution >= 0.6 is 22.6 Å². The number of hydrogen-bond donors (Lipinski definition) is 2. The van der Waals surface area contributed by atoms with Gasteiger partial charge in [-0.15, -0.1) is 0 Å². The monoisotopic (exact) mass is 540 g/mol. The van der Waals surface area contributed by atoms with Crippen LogP contribution in [0.25, 0.3) is 11.0 Å². The maximum absolute atomic E-state index is 14.5. The van der Waals surface area contributed by atoms with Crippen molar-refractivity contribution in [1.29, 1.82) is 0 Å². The molecule has 1 saturated heterocycles. The van der Waals surface area contributed by atoms with Crippen molar-refractivity contribution in [2.24, 2.45) is 7.05 Å². The molecule has 0 spiro atoms. The van der Waals surface area contributed by atoms with Gasteiger partial charge in [-0.3, -0.25) is 9.63 Å². The molecule has 1 aromatic carbocycles. The number of halogens is 2. The topological polar surface area (TPSA) is 86.6 Å². The molecule has 0 bridgehead atoms. The molecular formula is C21H22FIN4O4. The second-order valence-electron chi connectivity index (χ2n) is 7.60. The highest BCUT2D eigenvalue weighted by Gasteiger charge is 2.33. The van der Waals surface area contributed by atoms with Gasteiger partial charge in [0.15, 0.2) is 5.79 Å². The van der Waals surface area contributed by atoms with Crippen LogP contribution in [0.2, 0.25) is 0 Å². The molecule has 1 amide bonds. The van der Waals surface area contributed by atoms with E-state index in [9.17, 15) is 9.18 Å². The molecule has 31 heavy (non-hydrogen) atoms. The van der Waals surface area contributed by atoms with Crippen LogP contribution in [0.5, 0.6) is 0 Å². The zero-order chi connectivity index (χ0) is 22.2. The fourth-order valence-electron chi connectivity index (χ4n) is 3.45. The number of fused-ring (bicyclic) bond motifs is 1. The van der Waals surface area contributed by atoms with E-state index < -0.39 is 17.5 Å². The van der Waals surface area contributed by atoms with Gasteiger partial charge >= 0.3 is 0 Å². The Balaban J connectivity index is 1.58. The average molecular weight is 540 g/mol. The molecule has 1 aliphatic heterocycles. The molecule has 1 aliphatic rings. The second-order valence-corrected chi connectivity index (χ2v) is 8.84. The number of benzene rings is 1. The van der Waals surface area contributed by atoms with Gasteiger partial charge in [-0.1, -0.05) is 0 Å². The van der Waals surface area contributed by atoms with Crippen molar-refractivity contribution >= 4 is 51.0 Å². The van der Waals surface area contributed by atoms with Crippen molar-refractivity contribution in [3.63, 3.8) is 0 Å². The van der Waals surface area contributed by atoms with Crippen molar-refractivity contribution in [1.82, 2.24) is 15.0 Å². The van der Waals surface area contributed by atoms with Crippen LogP contribution in [0.15, 0.2) is 36.5 Å². The van der Waals surface area contributed by atoms with Gasteiger partial charge in [-0.05, 0) is 66.8 Å². The first-order valence-electron chi connectivity index (χ1n) is 9.64. The Morgan fingerprint density at radius 2 is 2.23 bits per heavy atom. The molecule has 2 aromatic heterocycles. The number of rotatable bonds is 6. The summed E-state index contributed by atoms with van der Waals surface area (Å²) in [6.07, 6.45) is 1.34. The lowest BCUT2D eigenvalue weighted by molar-refractivity contribution is -0.147. The summed E-state index contributed by atoms with van der Waals surface area (Å²) >= 11 is 2.04. The van der Waals surface area contributed by atoms with Gasteiger partial charge in [0.25, 0.3) is 5.91 Å². The number of nitrogens with zero attached hydrogens (tertiary/aromatic N) is 2. The summed E-state index contributed by atoms with van der Waals surface area (Å²) in [4.78, 5) is 22.8. The number of anilines is 2. The Morgan fingerprint density at radius 1 is 1.42 bits per heavy atom. The van der Waals surface area contributed by atoms with E-state index in [2.05, 4.69) is 15.8 Å². The van der Waals surface area contributed by atoms with Crippen LogP contribution in [0, 0.1) is 9.39 Å². The number of hydrogen-bond acceptors (Lipinski definition) is 6. The predicted molar refractivity (Wildman–Crippen MR) is 121 cm³/mol. The van der Waals surface area contributed by atoms with Gasteiger partial charge in [-0.2, -0.15) is 0 Å². The van der Waals surface area contributed by atoms with Crippen molar-refractivity contribution in [2.75, 3.05) is 18.5 Å². The number of aryl methyl sites for hydroxylation is 1. The first-order chi connectivity index (χ1) is 14.7. The summed E-state index contributed by atoms with van der Waals surface area (Å²) in [5.74, 6) is -1.18. The highest BCUT2D eigenvalue weighted by molar-refractivity contribution is 14.1. The van der Waals surface area contributed by atoms with Gasteiger partial charge in [-0.25, -0.2) is 14.9 Å². The van der Waals surface area contributed by atoms with Crippen molar-refractivity contribution in [2.45, 2.75) is 25.7 Å². The largest absolute Gasteiger partial charge is 0.348 e. The van der Waals surface area contributed by atoms with Gasteiger partial charge in [0.2, 0.25) is 0 Å². The second kappa shape index (κ2) is 8.69. The number of carbonyl (C=O) groups is 1. The van der Waals surface area contributed by atoms with Gasteiger partial charge < -0.3 is 19.4 Å². The van der Waals surface area contributed by atoms with E-state index in [4.69, 9.17) is 14.3 Å². The van der Waals surface area contributed by atoms with Crippen LogP contribution in [0.4, 0.5) is 15.9 Å². The minimum Gasteiger partial charge on any atom is -0.348 e. The van der Waals surface area contributed by atoms with Crippen molar-refractivity contribution in [3.05, 3.63) is 51.5 Å². The lowest BCUT2D eigenvalue weighted by atomic mass is 10.2. The summed E-state index contributed by atoms with van der Waals surface area (Å²) in [5, 5.41) is 3.64. The molecule has 1 fully saturated rings. The number of hydroxylamine groups is 1. The van der Waals surface area contributed by atoms with E-state index >= 15 is 0 Å². The minimum atomic E-state index is -0.673. The quantitative estimate of drug-likeness (QED) is 0.365. The third kappa shape index (κ3) is 4.66. The lowest BCUT2D eigenvalue weighted by Gasteiger charge is -2.17. The van der Waals surface area contributed by atoms with E-state index in [-0.39, 0.29) is 18.4 Å². The number of amides is 1. The lowest BCUT2D eigenvalue weighted by Crippen LogP contribution is -2.30. The molecular weight excluding hydrogens is 518 g/mol.